The highest BCUT2D eigenvalue weighted by Crippen LogP contribution is 2.34. The van der Waals surface area contributed by atoms with E-state index in [4.69, 9.17) is 0 Å². The summed E-state index contributed by atoms with van der Waals surface area (Å²) >= 11 is 0. The predicted molar refractivity (Wildman–Crippen MR) is 63.4 cm³/mol. The Morgan fingerprint density at radius 1 is 1.41 bits per heavy atom. The molecule has 0 bridgehead atoms. The molecule has 0 radical (unpaired) electrons. The number of carbonyl (C=O) groups excluding carboxylic acids is 1. The standard InChI is InChI=1S/C11H11N3O3/c1-13(2)6-9-8-5-7(14(16)17)3-4-10(8)12-11(9)15/h3-6H,1-2H3,(H,12,15)/b9-6-. The molecule has 0 atom stereocenters. The van der Waals surface area contributed by atoms with Crippen molar-refractivity contribution in [2.24, 2.45) is 0 Å². The van der Waals surface area contributed by atoms with Crippen LogP contribution in [-0.2, 0) is 4.79 Å². The first-order valence-corrected chi connectivity index (χ1v) is 4.97. The summed E-state index contributed by atoms with van der Waals surface area (Å²) in [6, 6.07) is 4.32. The average Bonchev–Trinajstić information content (AvgIpc) is 2.54. The van der Waals surface area contributed by atoms with Crippen molar-refractivity contribution in [1.29, 1.82) is 0 Å². The maximum Gasteiger partial charge on any atom is 0.270 e. The molecule has 1 aromatic carbocycles. The summed E-state index contributed by atoms with van der Waals surface area (Å²) in [6.07, 6.45) is 1.64. The van der Waals surface area contributed by atoms with E-state index in [1.54, 1.807) is 31.3 Å². The molecule has 1 amide bonds. The molecule has 0 unspecified atom stereocenters. The Balaban J connectivity index is 2.54. The lowest BCUT2D eigenvalue weighted by Crippen LogP contribution is -2.08. The fourth-order valence-corrected chi connectivity index (χ4v) is 1.68. The molecule has 0 spiro atoms. The van der Waals surface area contributed by atoms with Crippen molar-refractivity contribution in [1.82, 2.24) is 4.90 Å². The minimum Gasteiger partial charge on any atom is -0.383 e. The van der Waals surface area contributed by atoms with Crippen molar-refractivity contribution in [2.75, 3.05) is 19.4 Å². The number of non-ortho nitro benzene ring substituents is 1. The van der Waals surface area contributed by atoms with Gasteiger partial charge in [-0.05, 0) is 6.07 Å². The SMILES string of the molecule is CN(C)/C=C1\C(=O)Nc2ccc([N+](=O)[O-])cc21. The van der Waals surface area contributed by atoms with E-state index in [9.17, 15) is 14.9 Å². The van der Waals surface area contributed by atoms with Gasteiger partial charge >= 0.3 is 0 Å². The molecule has 1 aliphatic heterocycles. The molecular weight excluding hydrogens is 222 g/mol. The van der Waals surface area contributed by atoms with Crippen molar-refractivity contribution >= 4 is 22.9 Å². The Labute approximate surface area is 97.7 Å². The maximum absolute atomic E-state index is 11.7. The van der Waals surface area contributed by atoms with E-state index in [-0.39, 0.29) is 11.6 Å². The second kappa shape index (κ2) is 3.89. The van der Waals surface area contributed by atoms with Gasteiger partial charge in [-0.2, -0.15) is 0 Å². The quantitative estimate of drug-likeness (QED) is 0.476. The smallest absolute Gasteiger partial charge is 0.270 e. The van der Waals surface area contributed by atoms with Crippen LogP contribution < -0.4 is 5.32 Å². The summed E-state index contributed by atoms with van der Waals surface area (Å²) in [5, 5.41) is 13.3. The Kier molecular flexibility index (Phi) is 2.55. The maximum atomic E-state index is 11.7. The fraction of sp³-hybridized carbons (Fsp3) is 0.182. The van der Waals surface area contributed by atoms with Gasteiger partial charge in [-0.15, -0.1) is 0 Å². The molecule has 2 rings (SSSR count). The third-order valence-corrected chi connectivity index (χ3v) is 2.38. The molecule has 0 aliphatic carbocycles. The van der Waals surface area contributed by atoms with E-state index < -0.39 is 4.92 Å². The molecular formula is C11H11N3O3. The van der Waals surface area contributed by atoms with Gasteiger partial charge in [0.05, 0.1) is 10.5 Å². The van der Waals surface area contributed by atoms with Crippen molar-refractivity contribution in [3.8, 4) is 0 Å². The van der Waals surface area contributed by atoms with E-state index >= 15 is 0 Å². The number of hydrogen-bond donors (Lipinski definition) is 1. The number of carbonyl (C=O) groups is 1. The van der Waals surface area contributed by atoms with Gasteiger partial charge < -0.3 is 10.2 Å². The number of hydrogen-bond acceptors (Lipinski definition) is 4. The number of fused-ring (bicyclic) bond motifs is 1. The molecule has 0 fully saturated rings. The van der Waals surface area contributed by atoms with Gasteiger partial charge in [0.1, 0.15) is 0 Å². The number of benzene rings is 1. The number of nitrogens with zero attached hydrogens (tertiary/aromatic N) is 2. The summed E-state index contributed by atoms with van der Waals surface area (Å²) in [7, 11) is 3.57. The molecule has 1 heterocycles. The number of rotatable bonds is 2. The van der Waals surface area contributed by atoms with Gasteiger partial charge in [-0.1, -0.05) is 0 Å². The third-order valence-electron chi connectivity index (χ3n) is 2.38. The van der Waals surface area contributed by atoms with Crippen molar-refractivity contribution in [3.63, 3.8) is 0 Å². The van der Waals surface area contributed by atoms with Gasteiger partial charge in [-0.3, -0.25) is 14.9 Å². The number of amides is 1. The van der Waals surface area contributed by atoms with Crippen molar-refractivity contribution in [3.05, 3.63) is 40.1 Å². The Hall–Kier alpha value is -2.37. The van der Waals surface area contributed by atoms with Crippen LogP contribution in [0.1, 0.15) is 5.56 Å². The van der Waals surface area contributed by atoms with Crippen LogP contribution in [0.4, 0.5) is 11.4 Å². The highest BCUT2D eigenvalue weighted by atomic mass is 16.6. The van der Waals surface area contributed by atoms with Crippen LogP contribution in [0.3, 0.4) is 0 Å². The molecule has 17 heavy (non-hydrogen) atoms. The van der Waals surface area contributed by atoms with Crippen LogP contribution in [0.2, 0.25) is 0 Å². The van der Waals surface area contributed by atoms with Gasteiger partial charge in [0, 0.05) is 43.7 Å². The van der Waals surface area contributed by atoms with Gasteiger partial charge in [0.15, 0.2) is 0 Å². The summed E-state index contributed by atoms with van der Waals surface area (Å²) in [5.41, 5.74) is 1.59. The van der Waals surface area contributed by atoms with Gasteiger partial charge in [-0.25, -0.2) is 0 Å². The molecule has 0 aromatic heterocycles. The minimum atomic E-state index is -0.476. The van der Waals surface area contributed by atoms with Gasteiger partial charge in [0.2, 0.25) is 0 Å². The topological polar surface area (TPSA) is 75.5 Å². The molecule has 6 nitrogen and oxygen atoms in total. The van der Waals surface area contributed by atoms with Crippen LogP contribution in [0.25, 0.3) is 5.57 Å². The zero-order chi connectivity index (χ0) is 12.6. The number of nitro benzene ring substituents is 1. The first-order valence-electron chi connectivity index (χ1n) is 4.97. The molecule has 6 heteroatoms. The van der Waals surface area contributed by atoms with E-state index in [1.807, 2.05) is 0 Å². The van der Waals surface area contributed by atoms with Crippen LogP contribution in [0.15, 0.2) is 24.4 Å². The molecule has 0 saturated heterocycles. The van der Waals surface area contributed by atoms with Crippen LogP contribution >= 0.6 is 0 Å². The van der Waals surface area contributed by atoms with Crippen molar-refractivity contribution < 1.29 is 9.72 Å². The summed E-state index contributed by atoms with van der Waals surface area (Å²) < 4.78 is 0. The van der Waals surface area contributed by atoms with Crippen LogP contribution in [-0.4, -0.2) is 29.8 Å². The lowest BCUT2D eigenvalue weighted by Gasteiger charge is -2.05. The third kappa shape index (κ3) is 1.96. The normalized spacial score (nSPS) is 15.6. The predicted octanol–water partition coefficient (Wildman–Crippen LogP) is 1.45. The van der Waals surface area contributed by atoms with Gasteiger partial charge in [0.25, 0.3) is 11.6 Å². The Bertz CT molecular complexity index is 535. The second-order valence-corrected chi connectivity index (χ2v) is 3.95. The first kappa shape index (κ1) is 11.1. The highest BCUT2D eigenvalue weighted by molar-refractivity contribution is 6.31. The van der Waals surface area contributed by atoms with E-state index in [2.05, 4.69) is 5.32 Å². The molecule has 0 saturated carbocycles. The van der Waals surface area contributed by atoms with E-state index in [0.717, 1.165) is 0 Å². The largest absolute Gasteiger partial charge is 0.383 e. The van der Waals surface area contributed by atoms with Crippen LogP contribution in [0, 0.1) is 10.1 Å². The lowest BCUT2D eigenvalue weighted by molar-refractivity contribution is -0.384. The molecule has 1 aliphatic rings. The first-order chi connectivity index (χ1) is 7.99. The zero-order valence-corrected chi connectivity index (χ0v) is 9.43. The summed E-state index contributed by atoms with van der Waals surface area (Å²) in [4.78, 5) is 23.6. The Morgan fingerprint density at radius 2 is 2.12 bits per heavy atom. The van der Waals surface area contributed by atoms with E-state index in [1.165, 1.54) is 12.1 Å². The minimum absolute atomic E-state index is 0.0232. The number of nitro groups is 1. The second-order valence-electron chi connectivity index (χ2n) is 3.95. The molecule has 1 aromatic rings. The average molecular weight is 233 g/mol. The number of nitrogens with one attached hydrogen (secondary N) is 1. The zero-order valence-electron chi connectivity index (χ0n) is 9.43. The highest BCUT2D eigenvalue weighted by Gasteiger charge is 2.26. The number of anilines is 1. The Morgan fingerprint density at radius 3 is 2.71 bits per heavy atom. The summed E-state index contributed by atoms with van der Waals surface area (Å²) in [6.45, 7) is 0. The van der Waals surface area contributed by atoms with Crippen molar-refractivity contribution in [2.45, 2.75) is 0 Å². The molecule has 1 N–H and O–H groups in total. The lowest BCUT2D eigenvalue weighted by atomic mass is 10.1. The van der Waals surface area contributed by atoms with Crippen LogP contribution in [0.5, 0.6) is 0 Å². The monoisotopic (exact) mass is 233 g/mol. The fourth-order valence-electron chi connectivity index (χ4n) is 1.68. The summed E-state index contributed by atoms with van der Waals surface area (Å²) in [5.74, 6) is -0.241. The molecule has 88 valence electrons. The van der Waals surface area contributed by atoms with E-state index in [0.29, 0.717) is 16.8 Å².